The molecule has 1 atom stereocenters. The zero-order chi connectivity index (χ0) is 21.3. The third kappa shape index (κ3) is 4.38. The standard InChI is InChI=1S/C21H30N4O3S/c1-14-12-15(2)17(4)21(16(14)3)29(26,27)25-11-7-8-18(13-25)28-20-10-9-19(22-23-20)24(5)6/h9-10,12,18H,7-8,11,13H2,1-6H3. The minimum absolute atomic E-state index is 0.246. The van der Waals surface area contributed by atoms with Gasteiger partial charge in [-0.1, -0.05) is 6.07 Å². The highest BCUT2D eigenvalue weighted by molar-refractivity contribution is 7.89. The zero-order valence-corrected chi connectivity index (χ0v) is 18.9. The minimum Gasteiger partial charge on any atom is -0.472 e. The number of aryl methyl sites for hydroxylation is 2. The first kappa shape index (κ1) is 21.5. The molecule has 7 nitrogen and oxygen atoms in total. The van der Waals surface area contributed by atoms with Crippen LogP contribution in [0.15, 0.2) is 23.1 Å². The predicted octanol–water partition coefficient (Wildman–Crippen LogP) is 3.01. The molecule has 1 aromatic heterocycles. The van der Waals surface area contributed by atoms with Crippen molar-refractivity contribution in [1.82, 2.24) is 14.5 Å². The quantitative estimate of drug-likeness (QED) is 0.743. The Hall–Kier alpha value is -2.19. The normalized spacial score (nSPS) is 17.9. The molecule has 0 saturated carbocycles. The fourth-order valence-corrected chi connectivity index (χ4v) is 5.79. The van der Waals surface area contributed by atoms with Gasteiger partial charge in [0.2, 0.25) is 15.9 Å². The molecule has 1 saturated heterocycles. The van der Waals surface area contributed by atoms with Crippen LogP contribution in [-0.4, -0.2) is 56.2 Å². The average Bonchev–Trinajstić information content (AvgIpc) is 2.67. The van der Waals surface area contributed by atoms with Crippen molar-refractivity contribution >= 4 is 15.8 Å². The Morgan fingerprint density at radius 1 is 1.07 bits per heavy atom. The van der Waals surface area contributed by atoms with Gasteiger partial charge in [-0.25, -0.2) is 8.42 Å². The third-order valence-electron chi connectivity index (χ3n) is 5.61. The van der Waals surface area contributed by atoms with E-state index in [0.29, 0.717) is 23.9 Å². The molecular formula is C21H30N4O3S. The summed E-state index contributed by atoms with van der Waals surface area (Å²) in [5.74, 6) is 1.16. The number of benzene rings is 1. The van der Waals surface area contributed by atoms with E-state index in [2.05, 4.69) is 10.2 Å². The molecule has 2 aromatic rings. The van der Waals surface area contributed by atoms with Gasteiger partial charge in [0.1, 0.15) is 6.10 Å². The highest BCUT2D eigenvalue weighted by Gasteiger charge is 2.34. The molecule has 0 radical (unpaired) electrons. The summed E-state index contributed by atoms with van der Waals surface area (Å²) in [6, 6.07) is 5.65. The molecule has 0 N–H and O–H groups in total. The van der Waals surface area contributed by atoms with Crippen molar-refractivity contribution in [3.8, 4) is 5.88 Å². The molecular weight excluding hydrogens is 388 g/mol. The van der Waals surface area contributed by atoms with Gasteiger partial charge < -0.3 is 9.64 Å². The molecule has 3 rings (SSSR count). The van der Waals surface area contributed by atoms with E-state index in [9.17, 15) is 8.42 Å². The summed E-state index contributed by atoms with van der Waals surface area (Å²) >= 11 is 0. The Morgan fingerprint density at radius 3 is 2.28 bits per heavy atom. The van der Waals surface area contributed by atoms with Crippen LogP contribution in [0.3, 0.4) is 0 Å². The third-order valence-corrected chi connectivity index (χ3v) is 7.75. The fourth-order valence-electron chi connectivity index (χ4n) is 3.70. The Kier molecular flexibility index (Phi) is 6.14. The van der Waals surface area contributed by atoms with Crippen molar-refractivity contribution in [2.75, 3.05) is 32.1 Å². The lowest BCUT2D eigenvalue weighted by Gasteiger charge is -2.33. The molecule has 1 aliphatic heterocycles. The first-order valence-corrected chi connectivity index (χ1v) is 11.3. The summed E-state index contributed by atoms with van der Waals surface area (Å²) in [7, 11) is 0.188. The zero-order valence-electron chi connectivity index (χ0n) is 18.1. The van der Waals surface area contributed by atoms with Crippen molar-refractivity contribution in [1.29, 1.82) is 0 Å². The van der Waals surface area contributed by atoms with Crippen molar-refractivity contribution in [3.63, 3.8) is 0 Å². The number of hydrogen-bond donors (Lipinski definition) is 0. The van der Waals surface area contributed by atoms with Crippen LogP contribution in [0.25, 0.3) is 0 Å². The van der Waals surface area contributed by atoms with Crippen LogP contribution >= 0.6 is 0 Å². The second kappa shape index (κ2) is 8.28. The van der Waals surface area contributed by atoms with Crippen LogP contribution in [0.4, 0.5) is 5.82 Å². The van der Waals surface area contributed by atoms with Crippen molar-refractivity contribution < 1.29 is 13.2 Å². The number of ether oxygens (including phenoxy) is 1. The van der Waals surface area contributed by atoms with E-state index in [1.165, 1.54) is 0 Å². The van der Waals surface area contributed by atoms with Crippen LogP contribution in [-0.2, 0) is 10.0 Å². The van der Waals surface area contributed by atoms with E-state index >= 15 is 0 Å². The maximum Gasteiger partial charge on any atom is 0.243 e. The van der Waals surface area contributed by atoms with Gasteiger partial charge in [-0.2, -0.15) is 4.31 Å². The molecule has 158 valence electrons. The van der Waals surface area contributed by atoms with Gasteiger partial charge in [-0.3, -0.25) is 0 Å². The SMILES string of the molecule is Cc1cc(C)c(C)c(S(=O)(=O)N2CCCC(Oc3ccc(N(C)C)nn3)C2)c1C. The Bertz CT molecular complexity index is 962. The van der Waals surface area contributed by atoms with E-state index in [1.807, 2.05) is 58.8 Å². The van der Waals surface area contributed by atoms with Crippen molar-refractivity contribution in [2.24, 2.45) is 0 Å². The number of nitrogens with zero attached hydrogens (tertiary/aromatic N) is 4. The molecule has 8 heteroatoms. The van der Waals surface area contributed by atoms with Crippen molar-refractivity contribution in [2.45, 2.75) is 51.5 Å². The fraction of sp³-hybridized carbons (Fsp3) is 0.524. The van der Waals surface area contributed by atoms with E-state index in [0.717, 1.165) is 40.9 Å². The number of rotatable bonds is 5. The number of anilines is 1. The van der Waals surface area contributed by atoms with Gasteiger partial charge in [-0.15, -0.1) is 10.2 Å². The molecule has 0 amide bonds. The molecule has 0 spiro atoms. The van der Waals surface area contributed by atoms with Gasteiger partial charge in [0, 0.05) is 26.7 Å². The minimum atomic E-state index is -3.60. The molecule has 1 aromatic carbocycles. The number of hydrogen-bond acceptors (Lipinski definition) is 6. The molecule has 0 bridgehead atoms. The van der Waals surface area contributed by atoms with Crippen LogP contribution in [0.5, 0.6) is 5.88 Å². The van der Waals surface area contributed by atoms with Gasteiger partial charge >= 0.3 is 0 Å². The maximum absolute atomic E-state index is 13.5. The molecule has 29 heavy (non-hydrogen) atoms. The highest BCUT2D eigenvalue weighted by Crippen LogP contribution is 2.30. The lowest BCUT2D eigenvalue weighted by Crippen LogP contribution is -2.44. The highest BCUT2D eigenvalue weighted by atomic mass is 32.2. The molecule has 2 heterocycles. The summed E-state index contributed by atoms with van der Waals surface area (Å²) in [6.45, 7) is 8.49. The summed E-state index contributed by atoms with van der Waals surface area (Å²) in [6.07, 6.45) is 1.29. The largest absolute Gasteiger partial charge is 0.472 e. The molecule has 1 aliphatic rings. The number of aromatic nitrogens is 2. The summed E-state index contributed by atoms with van der Waals surface area (Å²) in [4.78, 5) is 2.30. The van der Waals surface area contributed by atoms with Crippen LogP contribution in [0, 0.1) is 27.7 Å². The molecule has 0 aliphatic carbocycles. The van der Waals surface area contributed by atoms with E-state index in [4.69, 9.17) is 4.74 Å². The Morgan fingerprint density at radius 2 is 1.72 bits per heavy atom. The first-order chi connectivity index (χ1) is 13.6. The topological polar surface area (TPSA) is 75.6 Å². The lowest BCUT2D eigenvalue weighted by atomic mass is 10.0. The Labute approximate surface area is 173 Å². The second-order valence-corrected chi connectivity index (χ2v) is 9.83. The number of piperidine rings is 1. The van der Waals surface area contributed by atoms with Crippen LogP contribution in [0.2, 0.25) is 0 Å². The van der Waals surface area contributed by atoms with E-state index in [-0.39, 0.29) is 6.10 Å². The van der Waals surface area contributed by atoms with Gasteiger partial charge in [0.25, 0.3) is 0 Å². The molecule has 1 unspecified atom stereocenters. The van der Waals surface area contributed by atoms with E-state index < -0.39 is 10.0 Å². The number of sulfonamides is 1. The second-order valence-electron chi connectivity index (χ2n) is 7.96. The monoisotopic (exact) mass is 418 g/mol. The van der Waals surface area contributed by atoms with Gasteiger partial charge in [0.15, 0.2) is 5.82 Å². The van der Waals surface area contributed by atoms with Gasteiger partial charge in [0.05, 0.1) is 11.4 Å². The summed E-state index contributed by atoms with van der Waals surface area (Å²) in [5, 5.41) is 8.23. The summed E-state index contributed by atoms with van der Waals surface area (Å²) < 4.78 is 34.5. The Balaban J connectivity index is 1.82. The smallest absolute Gasteiger partial charge is 0.243 e. The van der Waals surface area contributed by atoms with E-state index in [1.54, 1.807) is 10.4 Å². The average molecular weight is 419 g/mol. The lowest BCUT2D eigenvalue weighted by molar-refractivity contribution is 0.123. The molecule has 1 fully saturated rings. The summed E-state index contributed by atoms with van der Waals surface area (Å²) in [5.41, 5.74) is 3.63. The maximum atomic E-state index is 13.5. The van der Waals surface area contributed by atoms with Gasteiger partial charge in [-0.05, 0) is 68.9 Å². The first-order valence-electron chi connectivity index (χ1n) is 9.86. The van der Waals surface area contributed by atoms with Crippen LogP contribution < -0.4 is 9.64 Å². The predicted molar refractivity (Wildman–Crippen MR) is 114 cm³/mol. The van der Waals surface area contributed by atoms with Crippen LogP contribution in [0.1, 0.15) is 35.1 Å². The van der Waals surface area contributed by atoms with Crippen molar-refractivity contribution in [3.05, 3.63) is 40.5 Å².